The third kappa shape index (κ3) is 8.06. The van der Waals surface area contributed by atoms with Gasteiger partial charge >= 0.3 is 30.2 Å². The maximum atomic E-state index is 15.4. The van der Waals surface area contributed by atoms with Crippen molar-refractivity contribution in [2.45, 2.75) is 134 Å². The van der Waals surface area contributed by atoms with Gasteiger partial charge in [0.05, 0.1) is 36.7 Å². The summed E-state index contributed by atoms with van der Waals surface area (Å²) in [5, 5.41) is 38.3. The Kier molecular flexibility index (Phi) is 12.8. The smallest absolute Gasteiger partial charge is 0.456 e. The summed E-state index contributed by atoms with van der Waals surface area (Å²) in [4.78, 5) is 81.6. The first-order chi connectivity index (χ1) is 27.7. The molecule has 5 rings (SSSR count). The minimum Gasteiger partial charge on any atom is -0.456 e. The molecule has 1 aliphatic heterocycles. The number of fused-ring (bicyclic) bond motifs is 5. The highest BCUT2D eigenvalue weighted by molar-refractivity contribution is 6.30. The Morgan fingerprint density at radius 2 is 1.72 bits per heavy atom. The van der Waals surface area contributed by atoms with Gasteiger partial charge in [0.2, 0.25) is 0 Å². The van der Waals surface area contributed by atoms with Crippen LogP contribution in [-0.4, -0.2) is 131 Å². The van der Waals surface area contributed by atoms with Gasteiger partial charge in [-0.1, -0.05) is 31.5 Å². The number of ether oxygens (including phenoxy) is 7. The van der Waals surface area contributed by atoms with Crippen LogP contribution in [0.1, 0.15) is 78.6 Å². The fraction of sp³-hybridized carbons (Fsp3) is 0.650. The van der Waals surface area contributed by atoms with E-state index in [0.717, 1.165) is 14.0 Å². The summed E-state index contributed by atoms with van der Waals surface area (Å²) >= 11 is 6.20. The molecule has 332 valence electrons. The van der Waals surface area contributed by atoms with Gasteiger partial charge in [0, 0.05) is 30.2 Å². The molecule has 17 nitrogen and oxygen atoms in total. The van der Waals surface area contributed by atoms with E-state index in [0.29, 0.717) is 0 Å². The molecule has 3 fully saturated rings. The average molecular weight is 874 g/mol. The summed E-state index contributed by atoms with van der Waals surface area (Å²) in [5.41, 5.74) is -10.2. The number of methoxy groups -OCH3 is 1. The van der Waals surface area contributed by atoms with Crippen LogP contribution >= 0.6 is 11.6 Å². The number of aliphatic hydroxyl groups excluding tert-OH is 2. The maximum Gasteiger partial charge on any atom is 0.509 e. The number of alkyl halides is 2. The number of carbonyl (C=O) groups excluding carboxylic acids is 6. The van der Waals surface area contributed by atoms with Gasteiger partial charge in [0.15, 0.2) is 23.6 Å². The minimum atomic E-state index is -3.55. The second-order valence-electron chi connectivity index (χ2n) is 17.2. The van der Waals surface area contributed by atoms with E-state index in [1.54, 1.807) is 5.32 Å². The summed E-state index contributed by atoms with van der Waals surface area (Å²) < 4.78 is 67.6. The van der Waals surface area contributed by atoms with Crippen molar-refractivity contribution in [1.82, 2.24) is 5.32 Å². The molecule has 20 heteroatoms. The number of alkyl carbamates (subject to hydrolysis) is 1. The number of esters is 3. The SMILES string of the molecule is COC(=O)O[C@H]1C(=O)[C@@]2(C)[C@H]([C@H](OC(=O)c3cccc(Cl)c3)[C@]3(O)C[C@H](OC(=O)[C@H](O)[C@@H](NC(=O)OC(C)(C)C)C(F)F)C(C)=C1C3(C)C)[C@]1(OC(C)=O)CO[C@@H]1C[C@@H]2O. The highest BCUT2D eigenvalue weighted by atomic mass is 35.5. The van der Waals surface area contributed by atoms with Crippen molar-refractivity contribution in [2.24, 2.45) is 16.7 Å². The van der Waals surface area contributed by atoms with Crippen LogP contribution in [0.25, 0.3) is 0 Å². The molecule has 1 saturated heterocycles. The number of benzene rings is 1. The first-order valence-electron chi connectivity index (χ1n) is 19.0. The summed E-state index contributed by atoms with van der Waals surface area (Å²) in [6.45, 7) is 10.4. The zero-order valence-corrected chi connectivity index (χ0v) is 35.2. The fourth-order valence-corrected chi connectivity index (χ4v) is 9.31. The van der Waals surface area contributed by atoms with Gasteiger partial charge in [0.1, 0.15) is 35.6 Å². The lowest BCUT2D eigenvalue weighted by Gasteiger charge is -2.67. The van der Waals surface area contributed by atoms with Gasteiger partial charge in [-0.2, -0.15) is 0 Å². The molecule has 0 radical (unpaired) electrons. The largest absolute Gasteiger partial charge is 0.509 e. The monoisotopic (exact) mass is 873 g/mol. The average Bonchev–Trinajstić information content (AvgIpc) is 3.13. The standard InChI is InChI=1S/C40H50ClF2NO16/c1-17-21(56-33(50)26(47)25(31(42)43)44-34(51)60-36(3,4)5)15-40(53)30(58-32(49)19-11-10-12-20(41)13-19)28-38(8,22(46)14-23-39(28,16-55-23)59-18(2)45)29(48)27(57-35(52)54-9)24(17)37(40,6)7/h10-13,21-23,25-28,30-31,46-47,53H,14-16H2,1-9H3,(H,44,51)/t21-,22-,23+,25+,26+,27+,28-,30-,38+,39-,40+/m0/s1. The summed E-state index contributed by atoms with van der Waals surface area (Å²) in [7, 11) is 0.952. The maximum absolute atomic E-state index is 15.4. The normalized spacial score (nSPS) is 33.0. The third-order valence-electron chi connectivity index (χ3n) is 12.1. The van der Waals surface area contributed by atoms with Crippen LogP contribution in [0, 0.1) is 16.7 Å². The van der Waals surface area contributed by atoms with E-state index in [2.05, 4.69) is 0 Å². The van der Waals surface area contributed by atoms with Gasteiger partial charge in [-0.3, -0.25) is 9.59 Å². The number of nitrogens with one attached hydrogen (secondary N) is 1. The van der Waals surface area contributed by atoms with Crippen molar-refractivity contribution >= 4 is 47.5 Å². The van der Waals surface area contributed by atoms with Gasteiger partial charge in [0.25, 0.3) is 6.43 Å². The van der Waals surface area contributed by atoms with Crippen molar-refractivity contribution in [2.75, 3.05) is 13.7 Å². The van der Waals surface area contributed by atoms with E-state index < -0.39 is 132 Å². The lowest BCUT2D eigenvalue weighted by molar-refractivity contribution is -0.346. The quantitative estimate of drug-likeness (QED) is 0.158. The Morgan fingerprint density at radius 3 is 2.25 bits per heavy atom. The van der Waals surface area contributed by atoms with Crippen LogP contribution in [0.5, 0.6) is 0 Å². The Labute approximate surface area is 348 Å². The van der Waals surface area contributed by atoms with Crippen molar-refractivity contribution in [3.05, 3.63) is 46.0 Å². The highest BCUT2D eigenvalue weighted by Crippen LogP contribution is 2.64. The molecule has 0 aromatic heterocycles. The van der Waals surface area contributed by atoms with Crippen LogP contribution in [0.15, 0.2) is 35.4 Å². The minimum absolute atomic E-state index is 0.0759. The van der Waals surface area contributed by atoms with Gasteiger partial charge in [-0.15, -0.1) is 0 Å². The van der Waals surface area contributed by atoms with Gasteiger partial charge in [-0.05, 0) is 64.0 Å². The number of hydrogen-bond acceptors (Lipinski definition) is 16. The lowest BCUT2D eigenvalue weighted by Crippen LogP contribution is -2.82. The molecule has 1 amide bonds. The molecule has 2 saturated carbocycles. The van der Waals surface area contributed by atoms with Crippen molar-refractivity contribution in [3.63, 3.8) is 0 Å². The van der Waals surface area contributed by atoms with E-state index in [1.165, 1.54) is 72.7 Å². The van der Waals surface area contributed by atoms with E-state index in [9.17, 15) is 48.1 Å². The van der Waals surface area contributed by atoms with E-state index in [4.69, 9.17) is 44.8 Å². The van der Waals surface area contributed by atoms with Gasteiger partial charge in [-0.25, -0.2) is 28.0 Å². The fourth-order valence-electron chi connectivity index (χ4n) is 9.12. The van der Waals surface area contributed by atoms with Crippen LogP contribution in [0.2, 0.25) is 5.02 Å². The Morgan fingerprint density at radius 1 is 1.07 bits per heavy atom. The lowest BCUT2D eigenvalue weighted by atomic mass is 9.44. The number of Topliss-reactive ketones (excluding diaryl/α,β-unsaturated/α-hetero) is 1. The molecular formula is C40H50ClF2NO16. The van der Waals surface area contributed by atoms with Crippen LogP contribution in [0.3, 0.4) is 0 Å². The predicted molar refractivity (Wildman–Crippen MR) is 200 cm³/mol. The van der Waals surface area contributed by atoms with Crippen molar-refractivity contribution < 1.29 is 86.0 Å². The van der Waals surface area contributed by atoms with Crippen molar-refractivity contribution in [1.29, 1.82) is 0 Å². The summed E-state index contributed by atoms with van der Waals surface area (Å²) in [6.07, 6.45) is -18.8. The first-order valence-corrected chi connectivity index (χ1v) is 19.4. The number of rotatable bonds is 9. The number of hydrogen-bond donors (Lipinski definition) is 4. The molecule has 4 N–H and O–H groups in total. The molecule has 11 atom stereocenters. The number of ketones is 1. The molecule has 60 heavy (non-hydrogen) atoms. The summed E-state index contributed by atoms with van der Waals surface area (Å²) in [5.74, 6) is -6.47. The van der Waals surface area contributed by atoms with Crippen LogP contribution < -0.4 is 5.32 Å². The Bertz CT molecular complexity index is 1950. The predicted octanol–water partition coefficient (Wildman–Crippen LogP) is 3.60. The number of aliphatic hydroxyl groups is 3. The molecule has 1 heterocycles. The molecule has 4 aliphatic rings. The number of carbonyl (C=O) groups is 6. The third-order valence-corrected chi connectivity index (χ3v) is 12.4. The van der Waals surface area contributed by atoms with E-state index in [1.807, 2.05) is 0 Å². The molecule has 3 aliphatic carbocycles. The first kappa shape index (κ1) is 46.6. The van der Waals surface area contributed by atoms with Crippen molar-refractivity contribution in [3.8, 4) is 0 Å². The highest BCUT2D eigenvalue weighted by Gasteiger charge is 2.78. The number of halogens is 3. The van der Waals surface area contributed by atoms with Crippen LogP contribution in [-0.2, 0) is 47.5 Å². The van der Waals surface area contributed by atoms with Crippen LogP contribution in [0.4, 0.5) is 18.4 Å². The molecule has 1 aromatic rings. The Hall–Kier alpha value is -4.43. The van der Waals surface area contributed by atoms with E-state index in [-0.39, 0.29) is 28.2 Å². The second-order valence-corrected chi connectivity index (χ2v) is 17.7. The van der Waals surface area contributed by atoms with Gasteiger partial charge < -0.3 is 53.8 Å². The Balaban J connectivity index is 1.75. The van der Waals surface area contributed by atoms with E-state index >= 15 is 4.79 Å². The number of amides is 1. The molecule has 0 unspecified atom stereocenters. The second kappa shape index (κ2) is 16.4. The zero-order valence-electron chi connectivity index (χ0n) is 34.4. The molecule has 1 aromatic carbocycles. The summed E-state index contributed by atoms with van der Waals surface area (Å²) in [6, 6.07) is 2.94. The molecular weight excluding hydrogens is 824 g/mol. The topological polar surface area (TPSA) is 240 Å². The zero-order chi connectivity index (χ0) is 45.1. The molecule has 0 spiro atoms. The molecule has 2 bridgehead atoms.